The summed E-state index contributed by atoms with van der Waals surface area (Å²) in [6.45, 7) is 5.90. The molecule has 0 amide bonds. The molecule has 1 aromatic carbocycles. The van der Waals surface area contributed by atoms with Gasteiger partial charge in [0, 0.05) is 12.5 Å². The maximum atomic E-state index is 10.7. The fraction of sp³-hybridized carbons (Fsp3) is 0.357. The number of carbonyl (C=O) groups excluding carboxylic acids is 1. The highest BCUT2D eigenvalue weighted by Gasteiger charge is 1.96. The summed E-state index contributed by atoms with van der Waals surface area (Å²) in [6, 6.07) is 8.27. The average molecular weight is 232 g/mol. The first-order valence-electron chi connectivity index (χ1n) is 5.32. The molecule has 2 heteroatoms. The largest absolute Gasteiger partial charge is 0.288 e. The summed E-state index contributed by atoms with van der Waals surface area (Å²) in [5.74, 6) is 7.14. The quantitative estimate of drug-likeness (QED) is 0.727. The highest BCUT2D eigenvalue weighted by atomic mass is 32.2. The fourth-order valence-corrected chi connectivity index (χ4v) is 1.57. The average Bonchev–Trinajstić information content (AvgIpc) is 2.25. The Balaban J connectivity index is 2.58. The van der Waals surface area contributed by atoms with Crippen LogP contribution in [0.15, 0.2) is 24.3 Å². The van der Waals surface area contributed by atoms with E-state index >= 15 is 0 Å². The number of rotatable bonds is 2. The molecule has 0 saturated carbocycles. The Morgan fingerprint density at radius 1 is 1.31 bits per heavy atom. The van der Waals surface area contributed by atoms with E-state index in [4.69, 9.17) is 0 Å². The highest BCUT2D eigenvalue weighted by molar-refractivity contribution is 8.13. The van der Waals surface area contributed by atoms with Crippen LogP contribution in [0.2, 0.25) is 0 Å². The lowest BCUT2D eigenvalue weighted by atomic mass is 10.0. The zero-order valence-corrected chi connectivity index (χ0v) is 10.7. The van der Waals surface area contributed by atoms with E-state index in [2.05, 4.69) is 37.8 Å². The maximum absolute atomic E-state index is 10.7. The third-order valence-electron chi connectivity index (χ3n) is 2.16. The molecule has 1 rings (SSSR count). The molecule has 0 aliphatic heterocycles. The van der Waals surface area contributed by atoms with Crippen molar-refractivity contribution in [3.05, 3.63) is 35.4 Å². The van der Waals surface area contributed by atoms with Gasteiger partial charge in [-0.3, -0.25) is 4.79 Å². The molecule has 0 radical (unpaired) electrons. The molecule has 1 aromatic rings. The lowest BCUT2D eigenvalue weighted by Crippen LogP contribution is -1.86. The molecule has 0 spiro atoms. The van der Waals surface area contributed by atoms with E-state index in [9.17, 15) is 4.79 Å². The van der Waals surface area contributed by atoms with E-state index in [1.165, 1.54) is 17.3 Å². The molecule has 0 heterocycles. The van der Waals surface area contributed by atoms with E-state index in [1.54, 1.807) is 6.92 Å². The van der Waals surface area contributed by atoms with Gasteiger partial charge in [-0.25, -0.2) is 0 Å². The smallest absolute Gasteiger partial charge is 0.186 e. The summed E-state index contributed by atoms with van der Waals surface area (Å²) in [4.78, 5) is 10.7. The summed E-state index contributed by atoms with van der Waals surface area (Å²) in [6.07, 6.45) is 0. The van der Waals surface area contributed by atoms with Crippen LogP contribution in [0.5, 0.6) is 0 Å². The summed E-state index contributed by atoms with van der Waals surface area (Å²) in [5.41, 5.74) is 2.33. The summed E-state index contributed by atoms with van der Waals surface area (Å²) >= 11 is 1.25. The number of hydrogen-bond donors (Lipinski definition) is 0. The first-order valence-corrected chi connectivity index (χ1v) is 6.30. The van der Waals surface area contributed by atoms with Crippen molar-refractivity contribution in [2.45, 2.75) is 26.7 Å². The highest BCUT2D eigenvalue weighted by Crippen LogP contribution is 2.14. The van der Waals surface area contributed by atoms with E-state index in [0.717, 1.165) is 5.56 Å². The van der Waals surface area contributed by atoms with Crippen molar-refractivity contribution in [3.63, 3.8) is 0 Å². The van der Waals surface area contributed by atoms with Gasteiger partial charge in [0.2, 0.25) is 0 Å². The Bertz CT molecular complexity index is 407. The van der Waals surface area contributed by atoms with Gasteiger partial charge in [-0.1, -0.05) is 49.6 Å². The van der Waals surface area contributed by atoms with Gasteiger partial charge in [0.25, 0.3) is 0 Å². The number of benzene rings is 1. The van der Waals surface area contributed by atoms with Crippen LogP contribution < -0.4 is 0 Å². The van der Waals surface area contributed by atoms with Gasteiger partial charge in [0.05, 0.1) is 5.75 Å². The van der Waals surface area contributed by atoms with Crippen molar-refractivity contribution >= 4 is 16.9 Å². The minimum Gasteiger partial charge on any atom is -0.288 e. The topological polar surface area (TPSA) is 17.1 Å². The SMILES string of the molecule is CC(=O)SCC#Cc1ccc(C(C)C)cc1. The van der Waals surface area contributed by atoms with Crippen LogP contribution >= 0.6 is 11.8 Å². The van der Waals surface area contributed by atoms with Crippen LogP contribution in [0.1, 0.15) is 37.8 Å². The molecule has 0 aliphatic carbocycles. The van der Waals surface area contributed by atoms with Gasteiger partial charge in [0.1, 0.15) is 0 Å². The number of carbonyl (C=O) groups is 1. The third-order valence-corrected chi connectivity index (χ3v) is 2.85. The van der Waals surface area contributed by atoms with E-state index < -0.39 is 0 Å². The van der Waals surface area contributed by atoms with Crippen LogP contribution in [0.3, 0.4) is 0 Å². The van der Waals surface area contributed by atoms with E-state index in [-0.39, 0.29) is 5.12 Å². The van der Waals surface area contributed by atoms with Crippen molar-refractivity contribution in [2.24, 2.45) is 0 Å². The maximum Gasteiger partial charge on any atom is 0.186 e. The number of thioether (sulfide) groups is 1. The first kappa shape index (κ1) is 12.9. The molecule has 16 heavy (non-hydrogen) atoms. The molecular formula is C14H16OS. The normalized spacial score (nSPS) is 9.75. The van der Waals surface area contributed by atoms with Crippen LogP contribution in [0.25, 0.3) is 0 Å². The Labute approximate surface area is 102 Å². The second-order valence-electron chi connectivity index (χ2n) is 3.86. The van der Waals surface area contributed by atoms with Crippen molar-refractivity contribution in [3.8, 4) is 11.8 Å². The predicted octanol–water partition coefficient (Wildman–Crippen LogP) is 3.44. The molecule has 0 N–H and O–H groups in total. The molecular weight excluding hydrogens is 216 g/mol. The van der Waals surface area contributed by atoms with Gasteiger partial charge in [-0.2, -0.15) is 0 Å². The first-order chi connectivity index (χ1) is 7.59. The molecule has 0 bridgehead atoms. The molecule has 0 fully saturated rings. The second-order valence-corrected chi connectivity index (χ2v) is 5.01. The monoisotopic (exact) mass is 232 g/mol. The van der Waals surface area contributed by atoms with Crippen molar-refractivity contribution < 1.29 is 4.79 Å². The molecule has 0 unspecified atom stereocenters. The van der Waals surface area contributed by atoms with Crippen molar-refractivity contribution in [1.29, 1.82) is 0 Å². The van der Waals surface area contributed by atoms with Gasteiger partial charge < -0.3 is 0 Å². The second kappa shape index (κ2) is 6.40. The Morgan fingerprint density at radius 2 is 1.94 bits per heavy atom. The van der Waals surface area contributed by atoms with Gasteiger partial charge in [-0.15, -0.1) is 0 Å². The van der Waals surface area contributed by atoms with Crippen LogP contribution in [-0.4, -0.2) is 10.9 Å². The Kier molecular flexibility index (Phi) is 5.14. The van der Waals surface area contributed by atoms with Gasteiger partial charge >= 0.3 is 0 Å². The fourth-order valence-electron chi connectivity index (χ4n) is 1.23. The Hall–Kier alpha value is -1.20. The minimum atomic E-state index is 0.115. The lowest BCUT2D eigenvalue weighted by Gasteiger charge is -2.03. The van der Waals surface area contributed by atoms with Gasteiger partial charge in [0.15, 0.2) is 5.12 Å². The molecule has 0 saturated heterocycles. The lowest BCUT2D eigenvalue weighted by molar-refractivity contribution is -0.109. The van der Waals surface area contributed by atoms with Crippen LogP contribution in [0.4, 0.5) is 0 Å². The summed E-state index contributed by atoms with van der Waals surface area (Å²) < 4.78 is 0. The summed E-state index contributed by atoms with van der Waals surface area (Å²) in [5, 5.41) is 0.115. The molecule has 0 atom stereocenters. The van der Waals surface area contributed by atoms with E-state index in [0.29, 0.717) is 11.7 Å². The van der Waals surface area contributed by atoms with E-state index in [1.807, 2.05) is 12.1 Å². The predicted molar refractivity (Wildman–Crippen MR) is 70.5 cm³/mol. The van der Waals surface area contributed by atoms with Crippen molar-refractivity contribution in [2.75, 3.05) is 5.75 Å². The molecule has 84 valence electrons. The zero-order chi connectivity index (χ0) is 12.0. The number of hydrogen-bond acceptors (Lipinski definition) is 2. The molecule has 0 aliphatic rings. The standard InChI is InChI=1S/C14H16OS/c1-11(2)14-8-6-13(7-9-14)5-4-10-16-12(3)15/h6-9,11H,10H2,1-3H3. The Morgan fingerprint density at radius 3 is 2.44 bits per heavy atom. The van der Waals surface area contributed by atoms with Crippen molar-refractivity contribution in [1.82, 2.24) is 0 Å². The molecule has 0 aromatic heterocycles. The van der Waals surface area contributed by atoms with Gasteiger partial charge in [-0.05, 0) is 23.6 Å². The van der Waals surface area contributed by atoms with Crippen LogP contribution in [0, 0.1) is 11.8 Å². The molecule has 1 nitrogen and oxygen atoms in total. The summed E-state index contributed by atoms with van der Waals surface area (Å²) in [7, 11) is 0. The van der Waals surface area contributed by atoms with Crippen LogP contribution in [-0.2, 0) is 4.79 Å². The third kappa shape index (κ3) is 4.55. The minimum absolute atomic E-state index is 0.115. The zero-order valence-electron chi connectivity index (χ0n) is 9.91.